The van der Waals surface area contributed by atoms with Crippen molar-refractivity contribution in [2.24, 2.45) is 4.99 Å². The molecule has 0 saturated carbocycles. The number of nitrogens with zero attached hydrogens (tertiary/aromatic N) is 2. The van der Waals surface area contributed by atoms with E-state index in [-0.39, 0.29) is 35.9 Å². The second-order valence-corrected chi connectivity index (χ2v) is 7.06. The number of para-hydroxylation sites is 1. The molecule has 0 bridgehead atoms. The Labute approximate surface area is 193 Å². The number of amides is 1. The minimum atomic E-state index is -0.605. The van der Waals surface area contributed by atoms with Crippen molar-refractivity contribution in [2.45, 2.75) is 32.2 Å². The summed E-state index contributed by atoms with van der Waals surface area (Å²) in [4.78, 5) is 18.5. The van der Waals surface area contributed by atoms with Crippen molar-refractivity contribution in [3.63, 3.8) is 0 Å². The summed E-state index contributed by atoms with van der Waals surface area (Å²) in [5.41, 5.74) is 2.58. The number of nitrogens with one attached hydrogen (secondary N) is 2. The lowest BCUT2D eigenvalue weighted by Crippen LogP contribution is -2.39. The van der Waals surface area contributed by atoms with Crippen LogP contribution in [0, 0.1) is 11.6 Å². The van der Waals surface area contributed by atoms with Crippen LogP contribution in [0.2, 0.25) is 0 Å². The van der Waals surface area contributed by atoms with E-state index >= 15 is 0 Å². The number of carbonyl (C=O) groups excluding carboxylic acids is 1. The highest BCUT2D eigenvalue weighted by atomic mass is 127. The summed E-state index contributed by atoms with van der Waals surface area (Å²) in [5.74, 6) is -0.593. The molecule has 0 aromatic heterocycles. The van der Waals surface area contributed by atoms with E-state index in [1.165, 1.54) is 17.7 Å². The average molecular weight is 528 g/mol. The molecule has 0 radical (unpaired) electrons. The van der Waals surface area contributed by atoms with Gasteiger partial charge in [-0.15, -0.1) is 24.0 Å². The van der Waals surface area contributed by atoms with Gasteiger partial charge < -0.3 is 15.5 Å². The molecule has 5 nitrogen and oxygen atoms in total. The molecule has 1 unspecified atom stereocenters. The van der Waals surface area contributed by atoms with Gasteiger partial charge in [-0.2, -0.15) is 0 Å². The van der Waals surface area contributed by atoms with Gasteiger partial charge in [0.05, 0.1) is 6.04 Å². The number of guanidine groups is 1. The summed E-state index contributed by atoms with van der Waals surface area (Å²) in [6.07, 6.45) is 1.98. The molecular weight excluding hydrogens is 501 g/mol. The van der Waals surface area contributed by atoms with Crippen molar-refractivity contribution in [3.8, 4) is 0 Å². The molecule has 1 aliphatic rings. The molecule has 0 saturated heterocycles. The molecule has 30 heavy (non-hydrogen) atoms. The number of fused-ring (bicyclic) bond motifs is 1. The monoisotopic (exact) mass is 528 g/mol. The first kappa shape index (κ1) is 24.0. The van der Waals surface area contributed by atoms with E-state index in [1.54, 1.807) is 14.0 Å². The smallest absolute Gasteiger partial charge is 0.227 e. The van der Waals surface area contributed by atoms with Gasteiger partial charge >= 0.3 is 0 Å². The number of benzene rings is 2. The van der Waals surface area contributed by atoms with Gasteiger partial charge in [-0.3, -0.25) is 9.79 Å². The van der Waals surface area contributed by atoms with Gasteiger partial charge in [0.1, 0.15) is 11.6 Å². The van der Waals surface area contributed by atoms with Crippen LogP contribution in [0.3, 0.4) is 0 Å². The largest absolute Gasteiger partial charge is 0.356 e. The second-order valence-electron chi connectivity index (χ2n) is 7.06. The fraction of sp³-hybridized carbons (Fsp3) is 0.364. The Bertz CT molecular complexity index is 906. The molecule has 0 fully saturated rings. The van der Waals surface area contributed by atoms with E-state index in [0.717, 1.165) is 24.7 Å². The third-order valence-corrected chi connectivity index (χ3v) is 5.05. The van der Waals surface area contributed by atoms with Gasteiger partial charge in [0, 0.05) is 43.9 Å². The first-order chi connectivity index (χ1) is 14.0. The summed E-state index contributed by atoms with van der Waals surface area (Å²) in [6.45, 7) is 3.06. The zero-order valence-electron chi connectivity index (χ0n) is 17.1. The molecule has 3 rings (SSSR count). The van der Waals surface area contributed by atoms with Gasteiger partial charge in [-0.1, -0.05) is 24.3 Å². The number of hydrogen-bond donors (Lipinski definition) is 2. The molecular formula is C22H27F2IN4O. The molecule has 2 N–H and O–H groups in total. The lowest BCUT2D eigenvalue weighted by atomic mass is 10.1. The predicted octanol–water partition coefficient (Wildman–Crippen LogP) is 4.18. The molecule has 8 heteroatoms. The summed E-state index contributed by atoms with van der Waals surface area (Å²) in [5, 5.41) is 6.22. The van der Waals surface area contributed by atoms with Crippen molar-refractivity contribution in [1.82, 2.24) is 10.6 Å². The van der Waals surface area contributed by atoms with Gasteiger partial charge in [-0.05, 0) is 37.5 Å². The van der Waals surface area contributed by atoms with E-state index in [9.17, 15) is 13.6 Å². The number of rotatable bonds is 6. The van der Waals surface area contributed by atoms with E-state index in [2.05, 4.69) is 21.7 Å². The molecule has 1 atom stereocenters. The maximum atomic E-state index is 13.9. The Hall–Kier alpha value is -2.23. The van der Waals surface area contributed by atoms with E-state index < -0.39 is 11.6 Å². The topological polar surface area (TPSA) is 56.7 Å². The highest BCUT2D eigenvalue weighted by molar-refractivity contribution is 14.0. The molecule has 162 valence electrons. The first-order valence-electron chi connectivity index (χ1n) is 9.80. The number of anilines is 1. The maximum absolute atomic E-state index is 13.9. The standard InChI is InChI=1S/C22H26F2N4O.HI/c1-15(18-10-9-17(23)14-19(18)24)27-22(25-2)26-12-5-8-21(29)28-13-11-16-6-3-4-7-20(16)28;/h3-4,6-7,9-10,14-15H,5,8,11-13H2,1-2H3,(H2,25,26,27);1H. The van der Waals surface area contributed by atoms with Crippen LogP contribution in [0.5, 0.6) is 0 Å². The highest BCUT2D eigenvalue weighted by Gasteiger charge is 2.23. The minimum absolute atomic E-state index is 0. The molecule has 2 aromatic carbocycles. The van der Waals surface area contributed by atoms with Crippen molar-refractivity contribution in [1.29, 1.82) is 0 Å². The Morgan fingerprint density at radius 3 is 2.73 bits per heavy atom. The Kier molecular flexibility index (Phi) is 9.01. The SMILES string of the molecule is CN=C(NCCCC(=O)N1CCc2ccccc21)NC(C)c1ccc(F)cc1F.I. The van der Waals surface area contributed by atoms with Crippen molar-refractivity contribution >= 4 is 41.5 Å². The molecule has 2 aromatic rings. The fourth-order valence-electron chi connectivity index (χ4n) is 3.51. The Morgan fingerprint density at radius 1 is 1.23 bits per heavy atom. The molecule has 0 spiro atoms. The van der Waals surface area contributed by atoms with Crippen LogP contribution in [0.25, 0.3) is 0 Å². The third kappa shape index (κ3) is 5.90. The van der Waals surface area contributed by atoms with Crippen molar-refractivity contribution < 1.29 is 13.6 Å². The van der Waals surface area contributed by atoms with Crippen LogP contribution in [-0.2, 0) is 11.2 Å². The van der Waals surface area contributed by atoms with Crippen LogP contribution < -0.4 is 15.5 Å². The van der Waals surface area contributed by atoms with Gasteiger partial charge in [0.2, 0.25) is 5.91 Å². The summed E-state index contributed by atoms with van der Waals surface area (Å²) >= 11 is 0. The van der Waals surface area contributed by atoms with Gasteiger partial charge in [-0.25, -0.2) is 8.78 Å². The molecule has 0 aliphatic carbocycles. The summed E-state index contributed by atoms with van der Waals surface area (Å²) in [7, 11) is 1.62. The Morgan fingerprint density at radius 2 is 2.00 bits per heavy atom. The molecule has 1 aliphatic heterocycles. The van der Waals surface area contributed by atoms with Gasteiger partial charge in [0.25, 0.3) is 0 Å². The molecule has 1 heterocycles. The minimum Gasteiger partial charge on any atom is -0.356 e. The van der Waals surface area contributed by atoms with Crippen LogP contribution in [0.4, 0.5) is 14.5 Å². The normalized spacial score (nSPS) is 14.0. The first-order valence-corrected chi connectivity index (χ1v) is 9.80. The van der Waals surface area contributed by atoms with E-state index in [4.69, 9.17) is 0 Å². The Balaban J connectivity index is 0.00000320. The number of carbonyl (C=O) groups is 1. The third-order valence-electron chi connectivity index (χ3n) is 5.05. The second kappa shape index (κ2) is 11.2. The lowest BCUT2D eigenvalue weighted by Gasteiger charge is -2.19. The average Bonchev–Trinajstić information content (AvgIpc) is 3.14. The van der Waals surface area contributed by atoms with Gasteiger partial charge in [0.15, 0.2) is 5.96 Å². The summed E-state index contributed by atoms with van der Waals surface area (Å²) in [6, 6.07) is 11.1. The number of aliphatic imine (C=N–C) groups is 1. The number of hydrogen-bond acceptors (Lipinski definition) is 2. The number of halogens is 3. The van der Waals surface area contributed by atoms with Crippen LogP contribution in [0.15, 0.2) is 47.5 Å². The van der Waals surface area contributed by atoms with Crippen molar-refractivity contribution in [2.75, 3.05) is 25.0 Å². The quantitative estimate of drug-likeness (QED) is 0.256. The van der Waals surface area contributed by atoms with Crippen LogP contribution in [-0.4, -0.2) is 32.0 Å². The lowest BCUT2D eigenvalue weighted by molar-refractivity contribution is -0.118. The zero-order valence-corrected chi connectivity index (χ0v) is 19.5. The highest BCUT2D eigenvalue weighted by Crippen LogP contribution is 2.28. The van der Waals surface area contributed by atoms with E-state index in [0.29, 0.717) is 30.9 Å². The van der Waals surface area contributed by atoms with Crippen molar-refractivity contribution in [3.05, 3.63) is 65.2 Å². The van der Waals surface area contributed by atoms with E-state index in [1.807, 2.05) is 23.1 Å². The maximum Gasteiger partial charge on any atom is 0.227 e. The predicted molar refractivity (Wildman–Crippen MR) is 126 cm³/mol. The molecule has 1 amide bonds. The van der Waals surface area contributed by atoms with Crippen LogP contribution in [0.1, 0.15) is 36.9 Å². The fourth-order valence-corrected chi connectivity index (χ4v) is 3.51. The van der Waals surface area contributed by atoms with Crippen LogP contribution >= 0.6 is 24.0 Å². The summed E-state index contributed by atoms with van der Waals surface area (Å²) < 4.78 is 27.0. The zero-order chi connectivity index (χ0) is 20.8.